The van der Waals surface area contributed by atoms with Crippen LogP contribution in [0.3, 0.4) is 0 Å². The van der Waals surface area contributed by atoms with Gasteiger partial charge >= 0.3 is 0 Å². The van der Waals surface area contributed by atoms with E-state index in [0.717, 1.165) is 0 Å². The molecule has 25 heavy (non-hydrogen) atoms. The molecule has 0 aliphatic carbocycles. The number of methoxy groups -OCH3 is 1. The second-order valence-corrected chi connectivity index (χ2v) is 6.93. The lowest BCUT2D eigenvalue weighted by molar-refractivity contribution is 0.0666. The van der Waals surface area contributed by atoms with Crippen LogP contribution in [-0.2, 0) is 4.74 Å². The lowest BCUT2D eigenvalue weighted by atomic mass is 10.1. The zero-order chi connectivity index (χ0) is 18.4. The van der Waals surface area contributed by atoms with Crippen LogP contribution in [0.2, 0.25) is 0 Å². The van der Waals surface area contributed by atoms with Crippen molar-refractivity contribution in [3.63, 3.8) is 0 Å². The lowest BCUT2D eigenvalue weighted by Gasteiger charge is -2.25. The quantitative estimate of drug-likeness (QED) is 0.528. The Labute approximate surface area is 153 Å². The van der Waals surface area contributed by atoms with Gasteiger partial charge in [-0.2, -0.15) is 0 Å². The van der Waals surface area contributed by atoms with Gasteiger partial charge in [0.1, 0.15) is 5.03 Å². The minimum atomic E-state index is -0.0569. The van der Waals surface area contributed by atoms with Crippen molar-refractivity contribution >= 4 is 17.7 Å². The molecule has 2 heterocycles. The van der Waals surface area contributed by atoms with Crippen LogP contribution in [-0.4, -0.2) is 53.8 Å². The summed E-state index contributed by atoms with van der Waals surface area (Å²) in [6.45, 7) is 7.72. The first-order chi connectivity index (χ1) is 12.0. The second-order valence-electron chi connectivity index (χ2n) is 6.13. The van der Waals surface area contributed by atoms with Gasteiger partial charge in [0.05, 0.1) is 24.1 Å². The molecule has 0 aliphatic rings. The minimum absolute atomic E-state index is 0.0569. The molecule has 136 valence electrons. The first kappa shape index (κ1) is 19.5. The molecule has 2 rings (SSSR count). The summed E-state index contributed by atoms with van der Waals surface area (Å²) in [7, 11) is 1.64. The topological polar surface area (TPSA) is 68.5 Å². The van der Waals surface area contributed by atoms with Crippen molar-refractivity contribution in [1.29, 1.82) is 0 Å². The number of thioether (sulfide) groups is 1. The number of aromatic nitrogens is 2. The highest BCUT2D eigenvalue weighted by Gasteiger charge is 2.24. The first-order valence-electron chi connectivity index (χ1n) is 8.22. The van der Waals surface area contributed by atoms with Gasteiger partial charge in [-0.3, -0.25) is 4.79 Å². The van der Waals surface area contributed by atoms with E-state index < -0.39 is 0 Å². The summed E-state index contributed by atoms with van der Waals surface area (Å²) in [5.41, 5.74) is 1.21. The number of amides is 1. The number of carbonyl (C=O) groups excluding carboxylic acids is 1. The molecular weight excluding hydrogens is 338 g/mol. The van der Waals surface area contributed by atoms with Crippen molar-refractivity contribution < 1.29 is 13.9 Å². The Hall–Kier alpha value is -1.86. The van der Waals surface area contributed by atoms with Crippen LogP contribution in [0.5, 0.6) is 0 Å². The van der Waals surface area contributed by atoms with E-state index in [9.17, 15) is 4.79 Å². The van der Waals surface area contributed by atoms with E-state index in [4.69, 9.17) is 9.15 Å². The van der Waals surface area contributed by atoms with E-state index in [0.29, 0.717) is 53.5 Å². The average Bonchev–Trinajstić information content (AvgIpc) is 3.11. The van der Waals surface area contributed by atoms with E-state index in [1.165, 1.54) is 11.8 Å². The van der Waals surface area contributed by atoms with Crippen molar-refractivity contribution in [2.24, 2.45) is 5.92 Å². The third kappa shape index (κ3) is 4.83. The number of ether oxygens (including phenoxy) is 1. The van der Waals surface area contributed by atoms with E-state index in [1.54, 1.807) is 19.4 Å². The molecule has 0 aliphatic heterocycles. The average molecular weight is 363 g/mol. The first-order valence-corrected chi connectivity index (χ1v) is 9.45. The third-order valence-electron chi connectivity index (χ3n) is 3.64. The molecule has 0 radical (unpaired) electrons. The standard InChI is InChI=1S/C18H25N3O3S/c1-12(2)11-21(8-10-23-4)18(22)15-13(3)19-16(20-17(15)25-5)14-7-6-9-24-14/h6-7,9,12H,8,10-11H2,1-5H3. The second kappa shape index (κ2) is 9.01. The smallest absolute Gasteiger partial charge is 0.258 e. The maximum absolute atomic E-state index is 13.1. The van der Waals surface area contributed by atoms with Crippen LogP contribution in [0.1, 0.15) is 29.9 Å². The third-order valence-corrected chi connectivity index (χ3v) is 4.33. The summed E-state index contributed by atoms with van der Waals surface area (Å²) >= 11 is 1.44. The molecule has 0 aromatic carbocycles. The summed E-state index contributed by atoms with van der Waals surface area (Å²) in [5.74, 6) is 1.40. The molecule has 1 amide bonds. The van der Waals surface area contributed by atoms with Crippen molar-refractivity contribution in [3.05, 3.63) is 29.7 Å². The lowest BCUT2D eigenvalue weighted by Crippen LogP contribution is -2.37. The van der Waals surface area contributed by atoms with Crippen LogP contribution >= 0.6 is 11.8 Å². The summed E-state index contributed by atoms with van der Waals surface area (Å²) < 4.78 is 10.5. The summed E-state index contributed by atoms with van der Waals surface area (Å²) in [6.07, 6.45) is 3.49. The normalized spacial score (nSPS) is 11.1. The number of nitrogens with zero attached hydrogens (tertiary/aromatic N) is 3. The Morgan fingerprint density at radius 2 is 2.16 bits per heavy atom. The van der Waals surface area contributed by atoms with Crippen molar-refractivity contribution in [2.45, 2.75) is 25.8 Å². The molecule has 0 saturated carbocycles. The Bertz CT molecular complexity index is 702. The van der Waals surface area contributed by atoms with Gasteiger partial charge in [-0.05, 0) is 31.2 Å². The summed E-state index contributed by atoms with van der Waals surface area (Å²) in [6, 6.07) is 3.60. The minimum Gasteiger partial charge on any atom is -0.461 e. The maximum atomic E-state index is 13.1. The monoisotopic (exact) mass is 363 g/mol. The predicted octanol–water partition coefficient (Wildman–Crippen LogP) is 3.51. The fraction of sp³-hybridized carbons (Fsp3) is 0.500. The molecule has 0 spiro atoms. The van der Waals surface area contributed by atoms with E-state index in [-0.39, 0.29) is 5.91 Å². The molecular formula is C18H25N3O3S. The van der Waals surface area contributed by atoms with Crippen molar-refractivity contribution in [1.82, 2.24) is 14.9 Å². The summed E-state index contributed by atoms with van der Waals surface area (Å²) in [5, 5.41) is 0.662. The van der Waals surface area contributed by atoms with Gasteiger partial charge in [-0.15, -0.1) is 11.8 Å². The van der Waals surface area contributed by atoms with Crippen LogP contribution < -0.4 is 0 Å². The highest BCUT2D eigenvalue weighted by Crippen LogP contribution is 2.26. The Morgan fingerprint density at radius 3 is 2.72 bits per heavy atom. The molecule has 6 nitrogen and oxygen atoms in total. The van der Waals surface area contributed by atoms with Crippen LogP contribution in [0, 0.1) is 12.8 Å². The molecule has 0 unspecified atom stereocenters. The summed E-state index contributed by atoms with van der Waals surface area (Å²) in [4.78, 5) is 24.0. The fourth-order valence-corrected chi connectivity index (χ4v) is 3.15. The van der Waals surface area contributed by atoms with Gasteiger partial charge in [0.15, 0.2) is 11.6 Å². The number of carbonyl (C=O) groups is 1. The largest absolute Gasteiger partial charge is 0.461 e. The van der Waals surface area contributed by atoms with Gasteiger partial charge in [-0.1, -0.05) is 13.8 Å². The molecule has 0 N–H and O–H groups in total. The maximum Gasteiger partial charge on any atom is 0.258 e. The number of hydrogen-bond acceptors (Lipinski definition) is 6. The van der Waals surface area contributed by atoms with E-state index in [2.05, 4.69) is 23.8 Å². The Balaban J connectivity index is 2.40. The number of hydrogen-bond donors (Lipinski definition) is 0. The van der Waals surface area contributed by atoms with Crippen molar-refractivity contribution in [3.8, 4) is 11.6 Å². The number of aryl methyl sites for hydroxylation is 1. The molecule has 0 fully saturated rings. The Kier molecular flexibility index (Phi) is 7.01. The number of rotatable bonds is 8. The van der Waals surface area contributed by atoms with Crippen LogP contribution in [0.15, 0.2) is 27.8 Å². The molecule has 2 aromatic heterocycles. The number of furan rings is 1. The van der Waals surface area contributed by atoms with Gasteiger partial charge in [0.2, 0.25) is 0 Å². The highest BCUT2D eigenvalue weighted by molar-refractivity contribution is 7.98. The van der Waals surface area contributed by atoms with Crippen LogP contribution in [0.25, 0.3) is 11.6 Å². The molecule has 2 aromatic rings. The fourth-order valence-electron chi connectivity index (χ4n) is 2.53. The zero-order valence-corrected chi connectivity index (χ0v) is 16.2. The van der Waals surface area contributed by atoms with E-state index >= 15 is 0 Å². The van der Waals surface area contributed by atoms with Gasteiger partial charge in [0.25, 0.3) is 5.91 Å². The van der Waals surface area contributed by atoms with Gasteiger partial charge < -0.3 is 14.1 Å². The van der Waals surface area contributed by atoms with Crippen molar-refractivity contribution in [2.75, 3.05) is 33.1 Å². The SMILES string of the molecule is COCCN(CC(C)C)C(=O)c1c(C)nc(-c2ccco2)nc1SC. The molecule has 0 atom stereocenters. The van der Waals surface area contributed by atoms with Crippen LogP contribution in [0.4, 0.5) is 0 Å². The molecule has 0 bridgehead atoms. The van der Waals surface area contributed by atoms with E-state index in [1.807, 2.05) is 24.1 Å². The highest BCUT2D eigenvalue weighted by atomic mass is 32.2. The van der Waals surface area contributed by atoms with Gasteiger partial charge in [0, 0.05) is 20.2 Å². The zero-order valence-electron chi connectivity index (χ0n) is 15.4. The molecule has 7 heteroatoms. The Morgan fingerprint density at radius 1 is 1.40 bits per heavy atom. The predicted molar refractivity (Wildman–Crippen MR) is 98.9 cm³/mol. The van der Waals surface area contributed by atoms with Gasteiger partial charge in [-0.25, -0.2) is 9.97 Å². The molecule has 0 saturated heterocycles.